The Morgan fingerprint density at radius 3 is 2.56 bits per heavy atom. The number of halogens is 2. The fourth-order valence-electron chi connectivity index (χ4n) is 2.89. The Morgan fingerprint density at radius 1 is 1.22 bits per heavy atom. The molecule has 1 aliphatic heterocycles. The van der Waals surface area contributed by atoms with Gasteiger partial charge in [0.05, 0.1) is 5.92 Å². The Bertz CT molecular complexity index is 913. The van der Waals surface area contributed by atoms with E-state index in [9.17, 15) is 17.6 Å². The molecule has 1 fully saturated rings. The predicted octanol–water partition coefficient (Wildman–Crippen LogP) is 3.02. The number of carbonyl (C=O) groups is 1. The topological polar surface area (TPSA) is 76.6 Å². The number of rotatable bonds is 5. The van der Waals surface area contributed by atoms with E-state index >= 15 is 0 Å². The van der Waals surface area contributed by atoms with Crippen molar-refractivity contribution < 1.29 is 22.3 Å². The first-order chi connectivity index (χ1) is 12.9. The van der Waals surface area contributed by atoms with Gasteiger partial charge in [-0.05, 0) is 31.0 Å². The third kappa shape index (κ3) is 4.63. The van der Waals surface area contributed by atoms with E-state index in [1.54, 1.807) is 12.1 Å². The average molecular weight is 413 g/mol. The molecule has 0 amide bonds. The Kier molecular flexibility index (Phi) is 6.08. The van der Waals surface area contributed by atoms with Gasteiger partial charge >= 0.3 is 5.97 Å². The summed E-state index contributed by atoms with van der Waals surface area (Å²) in [6.07, 6.45) is 2.18. The molecule has 9 heteroatoms. The summed E-state index contributed by atoms with van der Waals surface area (Å²) < 4.78 is 45.5. The Hall–Kier alpha value is -2.03. The van der Waals surface area contributed by atoms with Crippen LogP contribution in [0, 0.1) is 11.7 Å². The number of sulfonamides is 1. The van der Waals surface area contributed by atoms with Gasteiger partial charge in [0.25, 0.3) is 0 Å². The first kappa shape index (κ1) is 19.7. The van der Waals surface area contributed by atoms with Gasteiger partial charge in [0.15, 0.2) is 0 Å². The van der Waals surface area contributed by atoms with Gasteiger partial charge in [0.2, 0.25) is 10.0 Å². The molecule has 1 aromatic carbocycles. The van der Waals surface area contributed by atoms with Gasteiger partial charge in [-0.3, -0.25) is 4.79 Å². The lowest BCUT2D eigenvalue weighted by Gasteiger charge is -2.30. The molecule has 0 unspecified atom stereocenters. The second-order valence-corrected chi connectivity index (χ2v) is 8.50. The quantitative estimate of drug-likeness (QED) is 0.557. The minimum Gasteiger partial charge on any atom is -0.461 e. The molecular formula is C18H18ClFN2O4S. The first-order valence-electron chi connectivity index (χ1n) is 8.39. The molecular weight excluding hydrogens is 395 g/mol. The number of carbonyl (C=O) groups excluding carboxylic acids is 1. The van der Waals surface area contributed by atoms with Crippen LogP contribution in [0.3, 0.4) is 0 Å². The average Bonchev–Trinajstić information content (AvgIpc) is 2.67. The zero-order valence-electron chi connectivity index (χ0n) is 14.3. The molecule has 1 saturated heterocycles. The summed E-state index contributed by atoms with van der Waals surface area (Å²) in [7, 11) is -3.92. The summed E-state index contributed by atoms with van der Waals surface area (Å²) >= 11 is 5.70. The molecule has 27 heavy (non-hydrogen) atoms. The summed E-state index contributed by atoms with van der Waals surface area (Å²) in [4.78, 5) is 15.8. The van der Waals surface area contributed by atoms with Crippen LogP contribution in [0.1, 0.15) is 18.4 Å². The molecule has 0 spiro atoms. The van der Waals surface area contributed by atoms with Crippen molar-refractivity contribution in [2.24, 2.45) is 5.92 Å². The number of hydrogen-bond donors (Lipinski definition) is 0. The maximum atomic E-state index is 13.8. The van der Waals surface area contributed by atoms with Gasteiger partial charge in [0.1, 0.15) is 22.5 Å². The van der Waals surface area contributed by atoms with Crippen LogP contribution >= 0.6 is 11.6 Å². The second-order valence-electron chi connectivity index (χ2n) is 6.21. The van der Waals surface area contributed by atoms with Gasteiger partial charge in [0, 0.05) is 24.8 Å². The fraction of sp³-hybridized carbons (Fsp3) is 0.333. The third-order valence-electron chi connectivity index (χ3n) is 4.41. The minimum absolute atomic E-state index is 0.0801. The highest BCUT2D eigenvalue weighted by atomic mass is 35.5. The largest absolute Gasteiger partial charge is 0.461 e. The third-order valence-corrected chi connectivity index (χ3v) is 6.57. The van der Waals surface area contributed by atoms with E-state index in [1.807, 2.05) is 0 Å². The van der Waals surface area contributed by atoms with Crippen LogP contribution < -0.4 is 0 Å². The number of benzene rings is 1. The molecule has 0 atom stereocenters. The zero-order chi connectivity index (χ0) is 19.4. The molecule has 0 radical (unpaired) electrons. The smallest absolute Gasteiger partial charge is 0.309 e. The summed E-state index contributed by atoms with van der Waals surface area (Å²) in [5.41, 5.74) is 0.715. The van der Waals surface area contributed by atoms with E-state index in [1.165, 1.54) is 28.7 Å². The maximum Gasteiger partial charge on any atom is 0.309 e. The van der Waals surface area contributed by atoms with E-state index in [-0.39, 0.29) is 30.6 Å². The number of pyridine rings is 1. The minimum atomic E-state index is -3.92. The van der Waals surface area contributed by atoms with Gasteiger partial charge < -0.3 is 4.74 Å². The van der Waals surface area contributed by atoms with Gasteiger partial charge in [-0.2, -0.15) is 4.31 Å². The number of hydrogen-bond acceptors (Lipinski definition) is 5. The Morgan fingerprint density at radius 2 is 1.93 bits per heavy atom. The standard InChI is InChI=1S/C18H18ClFN2O4S/c19-17-6-5-13(11-21-17)12-26-18(23)14-7-9-22(10-8-14)27(24,25)16-4-2-1-3-15(16)20/h1-6,11,14H,7-10,12H2. The van der Waals surface area contributed by atoms with Crippen molar-refractivity contribution in [3.8, 4) is 0 Å². The van der Waals surface area contributed by atoms with Crippen molar-refractivity contribution >= 4 is 27.6 Å². The van der Waals surface area contributed by atoms with Crippen LogP contribution in [-0.2, 0) is 26.2 Å². The van der Waals surface area contributed by atoms with Crippen LogP contribution in [0.4, 0.5) is 4.39 Å². The monoisotopic (exact) mass is 412 g/mol. The molecule has 0 saturated carbocycles. The van der Waals surface area contributed by atoms with E-state index < -0.39 is 21.8 Å². The van der Waals surface area contributed by atoms with Crippen molar-refractivity contribution in [3.05, 3.63) is 59.1 Å². The SMILES string of the molecule is O=C(OCc1ccc(Cl)nc1)C1CCN(S(=O)(=O)c2ccccc2F)CC1. The van der Waals surface area contributed by atoms with Gasteiger partial charge in [-0.15, -0.1) is 0 Å². The van der Waals surface area contributed by atoms with E-state index in [0.29, 0.717) is 23.6 Å². The van der Waals surface area contributed by atoms with Crippen LogP contribution in [0.15, 0.2) is 47.5 Å². The summed E-state index contributed by atoms with van der Waals surface area (Å²) in [5.74, 6) is -1.55. The van der Waals surface area contributed by atoms with E-state index in [4.69, 9.17) is 16.3 Å². The lowest BCUT2D eigenvalue weighted by molar-refractivity contribution is -0.151. The van der Waals surface area contributed by atoms with E-state index in [2.05, 4.69) is 4.98 Å². The van der Waals surface area contributed by atoms with Gasteiger partial charge in [-0.1, -0.05) is 29.8 Å². The number of aromatic nitrogens is 1. The summed E-state index contributed by atoms with van der Waals surface area (Å²) in [6.45, 7) is 0.356. The summed E-state index contributed by atoms with van der Waals surface area (Å²) in [5, 5.41) is 0.355. The number of piperidine rings is 1. The maximum absolute atomic E-state index is 13.8. The lowest BCUT2D eigenvalue weighted by atomic mass is 9.98. The molecule has 0 N–H and O–H groups in total. The first-order valence-corrected chi connectivity index (χ1v) is 10.2. The molecule has 1 aromatic heterocycles. The molecule has 1 aliphatic rings. The fourth-order valence-corrected chi connectivity index (χ4v) is 4.54. The van der Waals surface area contributed by atoms with Crippen molar-refractivity contribution in [2.75, 3.05) is 13.1 Å². The van der Waals surface area contributed by atoms with Crippen LogP contribution in [0.25, 0.3) is 0 Å². The molecule has 0 aliphatic carbocycles. The van der Waals surface area contributed by atoms with Crippen molar-refractivity contribution in [1.82, 2.24) is 9.29 Å². The van der Waals surface area contributed by atoms with E-state index in [0.717, 1.165) is 6.07 Å². The van der Waals surface area contributed by atoms with Crippen molar-refractivity contribution in [3.63, 3.8) is 0 Å². The number of esters is 1. The number of ether oxygens (including phenoxy) is 1. The van der Waals surface area contributed by atoms with Crippen LogP contribution in [0.2, 0.25) is 5.15 Å². The van der Waals surface area contributed by atoms with Crippen LogP contribution in [0.5, 0.6) is 0 Å². The molecule has 3 rings (SSSR count). The molecule has 2 aromatic rings. The zero-order valence-corrected chi connectivity index (χ0v) is 15.9. The lowest BCUT2D eigenvalue weighted by Crippen LogP contribution is -2.40. The van der Waals surface area contributed by atoms with Crippen LogP contribution in [-0.4, -0.2) is 36.8 Å². The molecule has 0 bridgehead atoms. The normalized spacial score (nSPS) is 16.2. The molecule has 6 nitrogen and oxygen atoms in total. The number of nitrogens with zero attached hydrogens (tertiary/aromatic N) is 2. The summed E-state index contributed by atoms with van der Waals surface area (Å²) in [6, 6.07) is 8.59. The van der Waals surface area contributed by atoms with Crippen molar-refractivity contribution in [1.29, 1.82) is 0 Å². The highest BCUT2D eigenvalue weighted by Crippen LogP contribution is 2.26. The highest BCUT2D eigenvalue weighted by molar-refractivity contribution is 7.89. The molecule has 144 valence electrons. The Balaban J connectivity index is 1.56. The van der Waals surface area contributed by atoms with Crippen molar-refractivity contribution in [2.45, 2.75) is 24.3 Å². The molecule has 2 heterocycles. The Labute approximate surface area is 162 Å². The highest BCUT2D eigenvalue weighted by Gasteiger charge is 2.34. The van der Waals surface area contributed by atoms with Gasteiger partial charge in [-0.25, -0.2) is 17.8 Å². The second kappa shape index (κ2) is 8.33. The predicted molar refractivity (Wildman–Crippen MR) is 96.9 cm³/mol.